The number of thioether (sulfide) groups is 1. The third-order valence-electron chi connectivity index (χ3n) is 4.14. The second-order valence-electron chi connectivity index (χ2n) is 7.43. The number of nitrogens with zero attached hydrogens (tertiary/aromatic N) is 4. The number of ether oxygens (including phenoxy) is 1. The fourth-order valence-corrected chi connectivity index (χ4v) is 4.46. The predicted octanol–water partition coefficient (Wildman–Crippen LogP) is 2.15. The number of Topliss-reactive ketones (excluding diaryl/α,β-unsaturated/α-hetero) is 1. The first-order valence-electron chi connectivity index (χ1n) is 8.72. The Morgan fingerprint density at radius 3 is 2.86 bits per heavy atom. The van der Waals surface area contributed by atoms with Gasteiger partial charge in [-0.15, -0.1) is 15.3 Å². The highest BCUT2D eigenvalue weighted by atomic mass is 32.2. The standard InChI is InChI=1S/C18H17N5O4S2/c1-18(2,3)14-15(26)23-16(21-20-14)29-17(22-23)28-8-11(24)9-4-5-12-10(6-9)19-13(25)7-27-12/h4-6H,7-8H2,1-3H3,(H,19,25). The molecule has 1 aromatic carbocycles. The molecule has 9 nitrogen and oxygen atoms in total. The second-order valence-corrected chi connectivity index (χ2v) is 9.60. The van der Waals surface area contributed by atoms with Gasteiger partial charge in [-0.2, -0.15) is 4.52 Å². The fourth-order valence-electron chi connectivity index (χ4n) is 2.69. The van der Waals surface area contributed by atoms with E-state index in [9.17, 15) is 14.4 Å². The smallest absolute Gasteiger partial charge is 0.297 e. The minimum absolute atomic E-state index is 0.0348. The summed E-state index contributed by atoms with van der Waals surface area (Å²) in [6, 6.07) is 4.91. The van der Waals surface area contributed by atoms with E-state index < -0.39 is 5.41 Å². The van der Waals surface area contributed by atoms with E-state index in [1.165, 1.54) is 27.6 Å². The molecule has 1 aliphatic rings. The lowest BCUT2D eigenvalue weighted by molar-refractivity contribution is -0.118. The summed E-state index contributed by atoms with van der Waals surface area (Å²) >= 11 is 2.42. The lowest BCUT2D eigenvalue weighted by Crippen LogP contribution is -2.30. The van der Waals surface area contributed by atoms with Gasteiger partial charge in [0.05, 0.1) is 11.4 Å². The minimum atomic E-state index is -0.441. The Bertz CT molecular complexity index is 1200. The monoisotopic (exact) mass is 431 g/mol. The summed E-state index contributed by atoms with van der Waals surface area (Å²) in [6.45, 7) is 5.62. The lowest BCUT2D eigenvalue weighted by Gasteiger charge is -2.18. The topological polar surface area (TPSA) is 116 Å². The van der Waals surface area contributed by atoms with Crippen molar-refractivity contribution >= 4 is 45.4 Å². The Hall–Kier alpha value is -2.79. The Kier molecular flexibility index (Phi) is 4.87. The van der Waals surface area contributed by atoms with Crippen LogP contribution in [0.1, 0.15) is 36.8 Å². The molecular formula is C18H17N5O4S2. The molecule has 11 heteroatoms. The molecule has 0 saturated carbocycles. The number of nitrogens with one attached hydrogen (secondary N) is 1. The molecule has 1 N–H and O–H groups in total. The average Bonchev–Trinajstić information content (AvgIpc) is 3.09. The van der Waals surface area contributed by atoms with Gasteiger partial charge in [0.1, 0.15) is 11.4 Å². The Morgan fingerprint density at radius 1 is 1.31 bits per heavy atom. The lowest BCUT2D eigenvalue weighted by atomic mass is 9.93. The zero-order valence-electron chi connectivity index (χ0n) is 15.9. The molecular weight excluding hydrogens is 414 g/mol. The van der Waals surface area contributed by atoms with E-state index in [1.54, 1.807) is 18.2 Å². The number of ketones is 1. The Labute approximate surface area is 173 Å². The number of rotatable bonds is 4. The van der Waals surface area contributed by atoms with Gasteiger partial charge in [0.15, 0.2) is 16.7 Å². The highest BCUT2D eigenvalue weighted by Crippen LogP contribution is 2.30. The first-order chi connectivity index (χ1) is 13.7. The summed E-state index contributed by atoms with van der Waals surface area (Å²) in [5, 5.41) is 15.1. The van der Waals surface area contributed by atoms with Crippen molar-refractivity contribution in [1.82, 2.24) is 19.8 Å². The van der Waals surface area contributed by atoms with Crippen molar-refractivity contribution in [2.45, 2.75) is 30.5 Å². The maximum absolute atomic E-state index is 12.6. The molecule has 29 heavy (non-hydrogen) atoms. The van der Waals surface area contributed by atoms with Gasteiger partial charge in [0, 0.05) is 11.0 Å². The molecule has 0 atom stereocenters. The van der Waals surface area contributed by atoms with Gasteiger partial charge in [-0.05, 0) is 18.2 Å². The van der Waals surface area contributed by atoms with Crippen molar-refractivity contribution in [2.75, 3.05) is 17.7 Å². The van der Waals surface area contributed by atoms with Crippen LogP contribution in [-0.4, -0.2) is 43.9 Å². The molecule has 1 amide bonds. The minimum Gasteiger partial charge on any atom is -0.482 e. The van der Waals surface area contributed by atoms with Gasteiger partial charge in [0.25, 0.3) is 11.5 Å². The van der Waals surface area contributed by atoms with Crippen LogP contribution >= 0.6 is 23.1 Å². The molecule has 3 heterocycles. The number of carbonyl (C=O) groups is 2. The highest BCUT2D eigenvalue weighted by Gasteiger charge is 2.23. The fraction of sp³-hybridized carbons (Fsp3) is 0.333. The van der Waals surface area contributed by atoms with Crippen LogP contribution < -0.4 is 15.6 Å². The van der Waals surface area contributed by atoms with E-state index in [-0.39, 0.29) is 29.6 Å². The predicted molar refractivity (Wildman–Crippen MR) is 109 cm³/mol. The maximum atomic E-state index is 12.6. The first-order valence-corrected chi connectivity index (χ1v) is 10.5. The summed E-state index contributed by atoms with van der Waals surface area (Å²) in [5.74, 6) is 0.271. The van der Waals surface area contributed by atoms with E-state index in [0.29, 0.717) is 32.0 Å². The number of hydrogen-bond donors (Lipinski definition) is 1. The van der Waals surface area contributed by atoms with Crippen LogP contribution in [0.5, 0.6) is 5.75 Å². The number of carbonyl (C=O) groups excluding carboxylic acids is 2. The molecule has 3 aromatic rings. The average molecular weight is 431 g/mol. The van der Waals surface area contributed by atoms with Crippen LogP contribution in [0.2, 0.25) is 0 Å². The van der Waals surface area contributed by atoms with Gasteiger partial charge < -0.3 is 10.1 Å². The molecule has 1 aliphatic heterocycles. The van der Waals surface area contributed by atoms with Gasteiger partial charge in [0.2, 0.25) is 4.96 Å². The third-order valence-corrected chi connectivity index (χ3v) is 6.18. The Morgan fingerprint density at radius 2 is 2.10 bits per heavy atom. The molecule has 0 fully saturated rings. The molecule has 0 spiro atoms. The number of anilines is 1. The van der Waals surface area contributed by atoms with Crippen LogP contribution in [-0.2, 0) is 10.2 Å². The summed E-state index contributed by atoms with van der Waals surface area (Å²) in [6.07, 6.45) is 0. The zero-order chi connectivity index (χ0) is 20.8. The van der Waals surface area contributed by atoms with Gasteiger partial charge >= 0.3 is 0 Å². The molecule has 0 aliphatic carbocycles. The van der Waals surface area contributed by atoms with Gasteiger partial charge in [-0.25, -0.2) is 0 Å². The SMILES string of the molecule is CC(C)(C)c1nnc2sc(SCC(=O)c3ccc4c(c3)NC(=O)CO4)nn2c1=O. The number of benzene rings is 1. The number of hydrogen-bond acceptors (Lipinski definition) is 9. The van der Waals surface area contributed by atoms with Crippen LogP contribution in [0.3, 0.4) is 0 Å². The Balaban J connectivity index is 1.52. The highest BCUT2D eigenvalue weighted by molar-refractivity contribution is 8.01. The molecule has 0 bridgehead atoms. The molecule has 2 aromatic heterocycles. The molecule has 0 unspecified atom stereocenters. The molecule has 0 radical (unpaired) electrons. The number of fused-ring (bicyclic) bond motifs is 2. The van der Waals surface area contributed by atoms with Crippen LogP contribution in [0, 0.1) is 0 Å². The van der Waals surface area contributed by atoms with E-state index in [4.69, 9.17) is 4.74 Å². The zero-order valence-corrected chi connectivity index (χ0v) is 17.5. The molecule has 0 saturated heterocycles. The molecule has 150 valence electrons. The number of aromatic nitrogens is 4. The summed E-state index contributed by atoms with van der Waals surface area (Å²) in [5.41, 5.74) is 0.529. The van der Waals surface area contributed by atoms with E-state index >= 15 is 0 Å². The van der Waals surface area contributed by atoms with E-state index in [0.717, 1.165) is 0 Å². The molecule has 4 rings (SSSR count). The van der Waals surface area contributed by atoms with Crippen molar-refractivity contribution in [3.8, 4) is 5.75 Å². The van der Waals surface area contributed by atoms with Crippen LogP contribution in [0.15, 0.2) is 27.3 Å². The first kappa shape index (κ1) is 19.5. The second kappa shape index (κ2) is 7.23. The third kappa shape index (κ3) is 3.87. The van der Waals surface area contributed by atoms with Crippen molar-refractivity contribution in [1.29, 1.82) is 0 Å². The van der Waals surface area contributed by atoms with Crippen LogP contribution in [0.25, 0.3) is 4.96 Å². The van der Waals surface area contributed by atoms with Gasteiger partial charge in [-0.1, -0.05) is 43.9 Å². The summed E-state index contributed by atoms with van der Waals surface area (Å²) < 4.78 is 7.08. The van der Waals surface area contributed by atoms with Crippen LogP contribution in [0.4, 0.5) is 5.69 Å². The van der Waals surface area contributed by atoms with Crippen molar-refractivity contribution in [3.63, 3.8) is 0 Å². The van der Waals surface area contributed by atoms with E-state index in [1.807, 2.05) is 20.8 Å². The van der Waals surface area contributed by atoms with Gasteiger partial charge in [-0.3, -0.25) is 14.4 Å². The van der Waals surface area contributed by atoms with Crippen molar-refractivity contribution < 1.29 is 14.3 Å². The van der Waals surface area contributed by atoms with E-state index in [2.05, 4.69) is 20.6 Å². The normalized spacial score (nSPS) is 13.7. The van der Waals surface area contributed by atoms with Crippen molar-refractivity contribution in [2.24, 2.45) is 0 Å². The largest absolute Gasteiger partial charge is 0.482 e. The quantitative estimate of drug-likeness (QED) is 0.493. The summed E-state index contributed by atoms with van der Waals surface area (Å²) in [4.78, 5) is 37.0. The number of amides is 1. The maximum Gasteiger partial charge on any atom is 0.297 e. The summed E-state index contributed by atoms with van der Waals surface area (Å²) in [7, 11) is 0. The van der Waals surface area contributed by atoms with Crippen molar-refractivity contribution in [3.05, 3.63) is 39.8 Å².